The number of hydrogen-bond donors (Lipinski definition) is 12. The third-order valence-electron chi connectivity index (χ3n) is 19.1. The van der Waals surface area contributed by atoms with E-state index in [4.69, 9.17) is 28.4 Å². The van der Waals surface area contributed by atoms with Gasteiger partial charge in [0.05, 0.1) is 38.6 Å². The Morgan fingerprint density at radius 2 is 0.695 bits per heavy atom. The van der Waals surface area contributed by atoms with Gasteiger partial charge >= 0.3 is 0 Å². The number of allylic oxidation sites excluding steroid dienone is 7. The van der Waals surface area contributed by atoms with Gasteiger partial charge in [0.1, 0.15) is 73.2 Å². The molecule has 0 aromatic rings. The summed E-state index contributed by atoms with van der Waals surface area (Å²) in [4.78, 5) is 13.4. The van der Waals surface area contributed by atoms with Gasteiger partial charge in [-0.05, 0) is 57.8 Å². The lowest BCUT2D eigenvalue weighted by Gasteiger charge is -2.48. The summed E-state index contributed by atoms with van der Waals surface area (Å²) in [6.07, 6.45) is 44.1. The molecule has 19 nitrogen and oxygen atoms in total. The topological polar surface area (TPSA) is 307 Å². The summed E-state index contributed by atoms with van der Waals surface area (Å²) in [7, 11) is 0. The lowest BCUT2D eigenvalue weighted by atomic mass is 9.96. The second kappa shape index (κ2) is 57.4. The Kier molecular flexibility index (Phi) is 52.5. The number of unbranched alkanes of at least 4 members (excludes halogenated alkanes) is 38. The maximum atomic E-state index is 13.4. The minimum absolute atomic E-state index is 0.246. The average Bonchev–Trinajstić information content (AvgIpc) is 0.791. The fourth-order valence-corrected chi connectivity index (χ4v) is 12.9. The average molecular weight is 1350 g/mol. The standard InChI is InChI=1S/C76H139NO18/c1-3-5-7-9-11-13-15-17-18-19-20-21-22-23-24-25-26-27-28-29-30-31-32-33-34-35-36-37-38-39-40-42-44-46-48-50-52-54-64(82)77-59(60(81)53-51-49-47-45-43-41-16-14-12-10-8-6-4-2)58-90-74-70(88)67(85)72(62(56-79)92-74)95-76-71(89)68(86)73(63(57-80)93-76)94-75-69(87)66(84)65(83)61(55-78)91-75/h15,17,19-20,22-23,51,53,59-63,65-76,78-81,83-89H,3-14,16,18,21,24-50,52,54-58H2,1-2H3,(H,77,82)/b17-15-,20-19-,23-22-,53-51+. The number of aliphatic hydroxyl groups excluding tert-OH is 11. The molecular weight excluding hydrogens is 1210 g/mol. The SMILES string of the molecule is CCCCCCC/C=C\C/C=C\C/C=C\CCCCCCCCCCCCCCCCCCCCCCCCC(=O)NC(COC1OC(CO)C(OC2OC(CO)C(OC3OC(CO)C(O)C(O)C3O)C(O)C2O)C(O)C1O)C(O)/C=C/CCCCCCCCCCCCC. The van der Waals surface area contributed by atoms with Crippen molar-refractivity contribution >= 4 is 5.91 Å². The number of carbonyl (C=O) groups excluding carboxylic acids is 1. The molecule has 17 unspecified atom stereocenters. The summed E-state index contributed by atoms with van der Waals surface area (Å²) in [5, 5.41) is 121. The van der Waals surface area contributed by atoms with Gasteiger partial charge in [0.15, 0.2) is 18.9 Å². The molecule has 19 heteroatoms. The van der Waals surface area contributed by atoms with Crippen molar-refractivity contribution in [3.05, 3.63) is 48.6 Å². The Balaban J connectivity index is 1.30. The molecule has 0 spiro atoms. The molecule has 1 amide bonds. The Hall–Kier alpha value is -2.25. The molecule has 3 heterocycles. The number of ether oxygens (including phenoxy) is 6. The van der Waals surface area contributed by atoms with Gasteiger partial charge < -0.3 is 89.9 Å². The number of amides is 1. The van der Waals surface area contributed by atoms with Crippen molar-refractivity contribution in [1.29, 1.82) is 0 Å². The number of nitrogens with one attached hydrogen (secondary N) is 1. The second-order valence-corrected chi connectivity index (χ2v) is 27.5. The van der Waals surface area contributed by atoms with Crippen LogP contribution in [0.25, 0.3) is 0 Å². The van der Waals surface area contributed by atoms with Gasteiger partial charge in [0, 0.05) is 6.42 Å². The van der Waals surface area contributed by atoms with E-state index >= 15 is 0 Å². The van der Waals surface area contributed by atoms with Crippen molar-refractivity contribution in [3.63, 3.8) is 0 Å². The maximum absolute atomic E-state index is 13.4. The highest BCUT2D eigenvalue weighted by atomic mass is 16.8. The van der Waals surface area contributed by atoms with Crippen LogP contribution in [0.2, 0.25) is 0 Å². The lowest BCUT2D eigenvalue weighted by molar-refractivity contribution is -0.379. The van der Waals surface area contributed by atoms with Crippen LogP contribution in [0.3, 0.4) is 0 Å². The molecule has 3 fully saturated rings. The lowest BCUT2D eigenvalue weighted by Crippen LogP contribution is -2.66. The van der Waals surface area contributed by atoms with Crippen LogP contribution in [-0.4, -0.2) is 193 Å². The predicted molar refractivity (Wildman–Crippen MR) is 374 cm³/mol. The monoisotopic (exact) mass is 1350 g/mol. The zero-order chi connectivity index (χ0) is 68.9. The summed E-state index contributed by atoms with van der Waals surface area (Å²) >= 11 is 0. The van der Waals surface area contributed by atoms with Crippen molar-refractivity contribution in [1.82, 2.24) is 5.32 Å². The van der Waals surface area contributed by atoms with Crippen LogP contribution in [0.1, 0.15) is 296 Å². The Labute approximate surface area is 573 Å². The van der Waals surface area contributed by atoms with Gasteiger partial charge in [-0.25, -0.2) is 0 Å². The minimum Gasteiger partial charge on any atom is -0.394 e. The van der Waals surface area contributed by atoms with Crippen LogP contribution < -0.4 is 5.32 Å². The van der Waals surface area contributed by atoms with Gasteiger partial charge in [-0.1, -0.05) is 281 Å². The van der Waals surface area contributed by atoms with Gasteiger partial charge in [0.2, 0.25) is 5.91 Å². The third kappa shape index (κ3) is 38.4. The molecule has 3 aliphatic rings. The van der Waals surface area contributed by atoms with Crippen LogP contribution in [0, 0.1) is 0 Å². The fraction of sp³-hybridized carbons (Fsp3) is 0.882. The highest BCUT2D eigenvalue weighted by Gasteiger charge is 2.53. The maximum Gasteiger partial charge on any atom is 0.220 e. The number of rotatable bonds is 60. The molecule has 0 bridgehead atoms. The largest absolute Gasteiger partial charge is 0.394 e. The summed E-state index contributed by atoms with van der Waals surface area (Å²) in [6.45, 7) is 1.73. The van der Waals surface area contributed by atoms with Gasteiger partial charge in [-0.15, -0.1) is 0 Å². The van der Waals surface area contributed by atoms with Crippen molar-refractivity contribution in [2.75, 3.05) is 26.4 Å². The minimum atomic E-state index is -1.98. The molecular formula is C76H139NO18. The quantitative estimate of drug-likeness (QED) is 0.0199. The smallest absolute Gasteiger partial charge is 0.220 e. The molecule has 12 N–H and O–H groups in total. The molecule has 0 aromatic heterocycles. The molecule has 3 aliphatic heterocycles. The highest BCUT2D eigenvalue weighted by molar-refractivity contribution is 5.76. The van der Waals surface area contributed by atoms with Crippen molar-refractivity contribution < 1.29 is 89.4 Å². The molecule has 0 aromatic carbocycles. The predicted octanol–water partition coefficient (Wildman–Crippen LogP) is 11.7. The molecule has 95 heavy (non-hydrogen) atoms. The molecule has 0 saturated carbocycles. The molecule has 0 aliphatic carbocycles. The van der Waals surface area contributed by atoms with E-state index < -0.39 is 124 Å². The Bertz CT molecular complexity index is 1910. The van der Waals surface area contributed by atoms with Crippen LogP contribution in [-0.2, 0) is 33.2 Å². The second-order valence-electron chi connectivity index (χ2n) is 27.5. The first-order valence-electron chi connectivity index (χ1n) is 38.4. The first-order valence-corrected chi connectivity index (χ1v) is 38.4. The fourth-order valence-electron chi connectivity index (χ4n) is 12.9. The van der Waals surface area contributed by atoms with E-state index in [0.717, 1.165) is 57.8 Å². The van der Waals surface area contributed by atoms with Gasteiger partial charge in [-0.2, -0.15) is 0 Å². The van der Waals surface area contributed by atoms with E-state index in [1.807, 2.05) is 6.08 Å². The van der Waals surface area contributed by atoms with Crippen LogP contribution in [0.15, 0.2) is 48.6 Å². The Morgan fingerprint density at radius 1 is 0.379 bits per heavy atom. The van der Waals surface area contributed by atoms with Crippen molar-refractivity contribution in [3.8, 4) is 0 Å². The van der Waals surface area contributed by atoms with Crippen LogP contribution >= 0.6 is 0 Å². The van der Waals surface area contributed by atoms with E-state index in [-0.39, 0.29) is 18.9 Å². The molecule has 556 valence electrons. The van der Waals surface area contributed by atoms with E-state index in [1.54, 1.807) is 6.08 Å². The summed E-state index contributed by atoms with van der Waals surface area (Å²) in [5.74, 6) is -0.272. The molecule has 0 radical (unpaired) electrons. The van der Waals surface area contributed by atoms with E-state index in [1.165, 1.54) is 212 Å². The zero-order valence-electron chi connectivity index (χ0n) is 59.2. The van der Waals surface area contributed by atoms with E-state index in [0.29, 0.717) is 6.42 Å². The first-order chi connectivity index (χ1) is 46.3. The summed E-state index contributed by atoms with van der Waals surface area (Å²) in [5.41, 5.74) is 0. The van der Waals surface area contributed by atoms with Crippen LogP contribution in [0.5, 0.6) is 0 Å². The van der Waals surface area contributed by atoms with Crippen molar-refractivity contribution in [2.45, 2.75) is 401 Å². The van der Waals surface area contributed by atoms with Gasteiger partial charge in [0.25, 0.3) is 0 Å². The zero-order valence-corrected chi connectivity index (χ0v) is 59.2. The van der Waals surface area contributed by atoms with E-state index in [9.17, 15) is 61.0 Å². The summed E-state index contributed by atoms with van der Waals surface area (Å²) in [6, 6.07) is -0.971. The van der Waals surface area contributed by atoms with Gasteiger partial charge in [-0.3, -0.25) is 4.79 Å². The molecule has 17 atom stereocenters. The normalized spacial score (nSPS) is 27.4. The number of aliphatic hydroxyl groups is 11. The highest BCUT2D eigenvalue weighted by Crippen LogP contribution is 2.33. The summed E-state index contributed by atoms with van der Waals surface area (Å²) < 4.78 is 34.4. The van der Waals surface area contributed by atoms with E-state index in [2.05, 4.69) is 55.6 Å². The Morgan fingerprint density at radius 3 is 1.08 bits per heavy atom. The molecule has 3 rings (SSSR count). The van der Waals surface area contributed by atoms with Crippen molar-refractivity contribution in [2.24, 2.45) is 0 Å². The van der Waals surface area contributed by atoms with Crippen LogP contribution in [0.4, 0.5) is 0 Å². The number of carbonyl (C=O) groups is 1. The number of hydrogen-bond acceptors (Lipinski definition) is 18. The third-order valence-corrected chi connectivity index (χ3v) is 19.1. The molecule has 3 saturated heterocycles. The first kappa shape index (κ1) is 87.0.